The third-order valence-corrected chi connectivity index (χ3v) is 3.43. The van der Waals surface area contributed by atoms with Crippen molar-refractivity contribution in [2.75, 3.05) is 25.0 Å². The fraction of sp³-hybridized carbons (Fsp3) is 0.333. The molecule has 0 spiro atoms. The zero-order chi connectivity index (χ0) is 13.3. The van der Waals surface area contributed by atoms with Crippen LogP contribution in [0.4, 0.5) is 10.1 Å². The lowest BCUT2D eigenvalue weighted by Gasteiger charge is -2.16. The van der Waals surface area contributed by atoms with Crippen LogP contribution in [0.2, 0.25) is 0 Å². The summed E-state index contributed by atoms with van der Waals surface area (Å²) >= 11 is 3.01. The van der Waals surface area contributed by atoms with E-state index in [9.17, 15) is 14.0 Å². The molecule has 0 aliphatic carbocycles. The molecule has 96 valence electrons. The monoisotopic (exact) mass is 314 g/mol. The molecule has 1 aliphatic heterocycles. The highest BCUT2D eigenvalue weighted by atomic mass is 79.9. The predicted octanol–water partition coefficient (Wildman–Crippen LogP) is 1.73. The molecule has 1 amide bonds. The molecule has 1 aromatic rings. The molecule has 2 rings (SSSR count). The van der Waals surface area contributed by atoms with E-state index in [-0.39, 0.29) is 10.0 Å². The number of hydrogen-bond acceptors (Lipinski definition) is 3. The smallest absolute Gasteiger partial charge is 0.299 e. The third kappa shape index (κ3) is 2.18. The first kappa shape index (κ1) is 13.2. The topological polar surface area (TPSA) is 49.4 Å². The van der Waals surface area contributed by atoms with Gasteiger partial charge in [-0.2, -0.15) is 0 Å². The first-order valence-electron chi connectivity index (χ1n) is 5.56. The van der Waals surface area contributed by atoms with Gasteiger partial charge in [0.25, 0.3) is 11.7 Å². The van der Waals surface area contributed by atoms with Crippen LogP contribution in [0.25, 0.3) is 0 Å². The van der Waals surface area contributed by atoms with Crippen molar-refractivity contribution in [2.45, 2.75) is 6.42 Å². The molecule has 0 bridgehead atoms. The number of halogens is 2. The molecular formula is C12H12BrFN2O2. The molecule has 0 saturated heterocycles. The Labute approximate surface area is 112 Å². The number of carbonyl (C=O) groups excluding carboxylic acids is 2. The second kappa shape index (κ2) is 5.16. The molecule has 1 N–H and O–H groups in total. The Morgan fingerprint density at radius 3 is 2.78 bits per heavy atom. The summed E-state index contributed by atoms with van der Waals surface area (Å²) in [5, 5.41) is 2.96. The van der Waals surface area contributed by atoms with Crippen LogP contribution < -0.4 is 10.2 Å². The second-order valence-electron chi connectivity index (χ2n) is 4.03. The maximum absolute atomic E-state index is 13.5. The molecule has 0 fully saturated rings. The molecular weight excluding hydrogens is 303 g/mol. The van der Waals surface area contributed by atoms with Gasteiger partial charge >= 0.3 is 0 Å². The predicted molar refractivity (Wildman–Crippen MR) is 69.3 cm³/mol. The number of benzene rings is 1. The van der Waals surface area contributed by atoms with E-state index in [1.54, 1.807) is 0 Å². The molecule has 4 nitrogen and oxygen atoms in total. The van der Waals surface area contributed by atoms with Gasteiger partial charge < -0.3 is 10.2 Å². The number of Topliss-reactive ketones (excluding diaryl/α,β-unsaturated/α-hetero) is 1. The summed E-state index contributed by atoms with van der Waals surface area (Å²) in [6.07, 6.45) is 0.701. The highest BCUT2D eigenvalue weighted by Crippen LogP contribution is 2.33. The second-order valence-corrected chi connectivity index (χ2v) is 4.88. The number of fused-ring (bicyclic) bond motifs is 1. The average molecular weight is 315 g/mol. The molecule has 1 heterocycles. The largest absolute Gasteiger partial charge is 0.320 e. The molecule has 1 aromatic carbocycles. The highest BCUT2D eigenvalue weighted by Gasteiger charge is 2.36. The van der Waals surface area contributed by atoms with Crippen molar-refractivity contribution in [2.24, 2.45) is 0 Å². The van der Waals surface area contributed by atoms with E-state index < -0.39 is 17.5 Å². The number of nitrogens with one attached hydrogen (secondary N) is 1. The number of rotatable bonds is 4. The van der Waals surface area contributed by atoms with E-state index >= 15 is 0 Å². The van der Waals surface area contributed by atoms with Gasteiger partial charge in [0.2, 0.25) is 0 Å². The van der Waals surface area contributed by atoms with Gasteiger partial charge in [0.1, 0.15) is 5.82 Å². The number of anilines is 1. The van der Waals surface area contributed by atoms with Crippen molar-refractivity contribution >= 4 is 33.3 Å². The van der Waals surface area contributed by atoms with Crippen molar-refractivity contribution in [1.82, 2.24) is 5.32 Å². The van der Waals surface area contributed by atoms with Crippen LogP contribution in [0.3, 0.4) is 0 Å². The van der Waals surface area contributed by atoms with Gasteiger partial charge in [-0.25, -0.2) is 4.39 Å². The maximum atomic E-state index is 13.5. The van der Waals surface area contributed by atoms with E-state index in [0.29, 0.717) is 18.7 Å². The summed E-state index contributed by atoms with van der Waals surface area (Å²) in [4.78, 5) is 24.9. The molecule has 0 radical (unpaired) electrons. The van der Waals surface area contributed by atoms with Gasteiger partial charge in [0.05, 0.1) is 15.7 Å². The van der Waals surface area contributed by atoms with Gasteiger partial charge in [-0.05, 0) is 48.1 Å². The first-order valence-corrected chi connectivity index (χ1v) is 6.35. The Morgan fingerprint density at radius 2 is 2.11 bits per heavy atom. The molecule has 0 unspecified atom stereocenters. The lowest BCUT2D eigenvalue weighted by atomic mass is 10.1. The van der Waals surface area contributed by atoms with Crippen molar-refractivity contribution in [3.63, 3.8) is 0 Å². The molecule has 0 atom stereocenters. The van der Waals surface area contributed by atoms with Crippen LogP contribution >= 0.6 is 15.9 Å². The summed E-state index contributed by atoms with van der Waals surface area (Å²) in [7, 11) is 1.81. The number of hydrogen-bond donors (Lipinski definition) is 1. The summed E-state index contributed by atoms with van der Waals surface area (Å²) < 4.78 is 13.7. The van der Waals surface area contributed by atoms with E-state index in [0.717, 1.165) is 6.54 Å². The Hall–Kier alpha value is -1.27. The van der Waals surface area contributed by atoms with Crippen molar-refractivity contribution in [3.05, 3.63) is 28.0 Å². The van der Waals surface area contributed by atoms with Crippen LogP contribution in [-0.2, 0) is 4.79 Å². The third-order valence-electron chi connectivity index (χ3n) is 2.82. The van der Waals surface area contributed by atoms with Crippen LogP contribution in [-0.4, -0.2) is 31.8 Å². The van der Waals surface area contributed by atoms with Gasteiger partial charge in [-0.1, -0.05) is 0 Å². The number of nitrogens with zero attached hydrogens (tertiary/aromatic N) is 1. The van der Waals surface area contributed by atoms with E-state index in [1.165, 1.54) is 17.0 Å². The lowest BCUT2D eigenvalue weighted by molar-refractivity contribution is -0.114. The quantitative estimate of drug-likeness (QED) is 0.680. The number of amides is 1. The highest BCUT2D eigenvalue weighted by molar-refractivity contribution is 9.10. The van der Waals surface area contributed by atoms with Gasteiger partial charge in [-0.3, -0.25) is 9.59 Å². The SMILES string of the molecule is CNCCCN1C(=O)C(=O)c2cc(Br)c(F)cc21. The van der Waals surface area contributed by atoms with E-state index in [1.807, 2.05) is 7.05 Å². The van der Waals surface area contributed by atoms with Crippen molar-refractivity contribution in [3.8, 4) is 0 Å². The molecule has 6 heteroatoms. The zero-order valence-corrected chi connectivity index (χ0v) is 11.4. The zero-order valence-electron chi connectivity index (χ0n) is 9.80. The van der Waals surface area contributed by atoms with E-state index in [2.05, 4.69) is 21.2 Å². The van der Waals surface area contributed by atoms with E-state index in [4.69, 9.17) is 0 Å². The van der Waals surface area contributed by atoms with Crippen molar-refractivity contribution < 1.29 is 14.0 Å². The molecule has 0 saturated carbocycles. The Balaban J connectivity index is 2.33. The van der Waals surface area contributed by atoms with Gasteiger partial charge in [0, 0.05) is 6.54 Å². The van der Waals surface area contributed by atoms with Crippen LogP contribution in [0.15, 0.2) is 16.6 Å². The Kier molecular flexibility index (Phi) is 3.77. The fourth-order valence-corrected chi connectivity index (χ4v) is 2.27. The minimum Gasteiger partial charge on any atom is -0.320 e. The fourth-order valence-electron chi connectivity index (χ4n) is 1.92. The molecule has 18 heavy (non-hydrogen) atoms. The van der Waals surface area contributed by atoms with Crippen molar-refractivity contribution in [1.29, 1.82) is 0 Å². The van der Waals surface area contributed by atoms with Crippen LogP contribution in [0.1, 0.15) is 16.8 Å². The number of ketones is 1. The summed E-state index contributed by atoms with van der Waals surface area (Å²) in [5.41, 5.74) is 0.625. The summed E-state index contributed by atoms with van der Waals surface area (Å²) in [5.74, 6) is -1.64. The minimum absolute atomic E-state index is 0.194. The van der Waals surface area contributed by atoms with Crippen LogP contribution in [0.5, 0.6) is 0 Å². The van der Waals surface area contributed by atoms with Crippen LogP contribution in [0, 0.1) is 5.82 Å². The Morgan fingerprint density at radius 1 is 1.39 bits per heavy atom. The number of carbonyl (C=O) groups is 2. The maximum Gasteiger partial charge on any atom is 0.299 e. The molecule has 0 aromatic heterocycles. The summed E-state index contributed by atoms with van der Waals surface area (Å²) in [6.45, 7) is 1.13. The van der Waals surface area contributed by atoms with Gasteiger partial charge in [0.15, 0.2) is 0 Å². The first-order chi connectivity index (χ1) is 8.56. The lowest BCUT2D eigenvalue weighted by Crippen LogP contribution is -2.32. The van der Waals surface area contributed by atoms with Gasteiger partial charge in [-0.15, -0.1) is 0 Å². The molecule has 1 aliphatic rings. The standard InChI is InChI=1S/C12H12BrFN2O2/c1-15-3-2-4-16-10-6-9(14)8(13)5-7(10)11(17)12(16)18/h5-6,15H,2-4H2,1H3. The average Bonchev–Trinajstić information content (AvgIpc) is 2.56. The Bertz CT molecular complexity index is 519. The minimum atomic E-state index is -0.585. The summed E-state index contributed by atoms with van der Waals surface area (Å²) in [6, 6.07) is 2.59. The normalized spacial score (nSPS) is 14.3.